The van der Waals surface area contributed by atoms with Crippen LogP contribution in [0.5, 0.6) is 0 Å². The van der Waals surface area contributed by atoms with E-state index in [1.165, 1.54) is 23.7 Å². The van der Waals surface area contributed by atoms with E-state index < -0.39 is 14.4 Å². The molecule has 0 rings (SSSR count). The minimum absolute atomic E-state index is 0.586. The van der Waals surface area contributed by atoms with Gasteiger partial charge in [-0.3, -0.25) is 0 Å². The average Bonchev–Trinajstić information content (AvgIpc) is 2.03. The summed E-state index contributed by atoms with van der Waals surface area (Å²) in [6, 6.07) is 0. The highest BCUT2D eigenvalue weighted by Gasteiger charge is 2.23. The predicted molar refractivity (Wildman–Crippen MR) is 68.0 cm³/mol. The molecule has 0 saturated carbocycles. The third kappa shape index (κ3) is 6.07. The van der Waals surface area contributed by atoms with Gasteiger partial charge in [-0.25, -0.2) is 0 Å². The number of hydrogen-bond acceptors (Lipinski definition) is 1. The van der Waals surface area contributed by atoms with Crippen LogP contribution in [0.2, 0.25) is 10.6 Å². The minimum Gasteiger partial charge on any atom is -0.384 e. The van der Waals surface area contributed by atoms with Gasteiger partial charge >= 0.3 is 14.4 Å². The van der Waals surface area contributed by atoms with Crippen LogP contribution >= 0.6 is 0 Å². The molecule has 0 bridgehead atoms. The van der Waals surface area contributed by atoms with Gasteiger partial charge < -0.3 is 3.88 Å². The Morgan fingerprint density at radius 3 is 1.43 bits per heavy atom. The van der Waals surface area contributed by atoms with Crippen LogP contribution in [0.25, 0.3) is 0 Å². The molecule has 0 aliphatic heterocycles. The smallest absolute Gasteiger partial charge is 0.372 e. The molecular formula is C12H28AlN. The Morgan fingerprint density at radius 1 is 0.857 bits per heavy atom. The van der Waals surface area contributed by atoms with Gasteiger partial charge in [0.25, 0.3) is 0 Å². The van der Waals surface area contributed by atoms with Crippen LogP contribution in [0.15, 0.2) is 0 Å². The van der Waals surface area contributed by atoms with E-state index in [-0.39, 0.29) is 0 Å². The molecule has 0 aliphatic carbocycles. The second-order valence-corrected chi connectivity index (χ2v) is 8.88. The molecule has 0 aromatic carbocycles. The van der Waals surface area contributed by atoms with Crippen LogP contribution in [0, 0.1) is 11.8 Å². The number of hydrogen-bond donors (Lipinski definition) is 0. The van der Waals surface area contributed by atoms with Crippen molar-refractivity contribution in [2.45, 2.75) is 52.1 Å². The molecule has 0 spiro atoms. The highest BCUT2D eigenvalue weighted by Crippen LogP contribution is 2.11. The third-order valence-electron chi connectivity index (χ3n) is 2.66. The Hall–Kier alpha value is 0.492. The fourth-order valence-corrected chi connectivity index (χ4v) is 5.17. The predicted octanol–water partition coefficient (Wildman–Crippen LogP) is 3.63. The Balaban J connectivity index is 4.20. The summed E-state index contributed by atoms with van der Waals surface area (Å²) in [5, 5.41) is 2.85. The molecule has 1 nitrogen and oxygen atoms in total. The normalized spacial score (nSPS) is 11.8. The van der Waals surface area contributed by atoms with Gasteiger partial charge in [-0.05, 0) is 24.9 Å². The Morgan fingerprint density at radius 2 is 1.21 bits per heavy atom. The van der Waals surface area contributed by atoms with Crippen LogP contribution in [0.3, 0.4) is 0 Å². The van der Waals surface area contributed by atoms with Crippen molar-refractivity contribution in [2.75, 3.05) is 13.1 Å². The summed E-state index contributed by atoms with van der Waals surface area (Å²) >= 11 is -0.586. The lowest BCUT2D eigenvalue weighted by Crippen LogP contribution is -2.42. The third-order valence-corrected chi connectivity index (χ3v) is 6.00. The monoisotopic (exact) mass is 213 g/mol. The van der Waals surface area contributed by atoms with Crippen molar-refractivity contribution in [3.05, 3.63) is 0 Å². The van der Waals surface area contributed by atoms with Gasteiger partial charge in [0.1, 0.15) is 0 Å². The largest absolute Gasteiger partial charge is 0.384 e. The molecule has 2 heteroatoms. The minimum atomic E-state index is -0.586. The fourth-order valence-electron chi connectivity index (χ4n) is 2.12. The summed E-state index contributed by atoms with van der Waals surface area (Å²) in [5.74, 6) is 1.64. The lowest BCUT2D eigenvalue weighted by molar-refractivity contribution is 0.336. The molecular weight excluding hydrogens is 185 g/mol. The number of nitrogens with zero attached hydrogens (tertiary/aromatic N) is 1. The highest BCUT2D eigenvalue weighted by molar-refractivity contribution is 6.55. The van der Waals surface area contributed by atoms with Crippen molar-refractivity contribution < 1.29 is 0 Å². The molecule has 0 radical (unpaired) electrons. The summed E-state index contributed by atoms with van der Waals surface area (Å²) in [7, 11) is 0. The van der Waals surface area contributed by atoms with Crippen molar-refractivity contribution >= 4 is 14.4 Å². The standard InChI is InChI=1S/C8H18N.2C2H5.Al/c1-7(2)5-9-6-8(3)4;2*1-2;/h7-8H,5-6H2,1-4H3;2*1H2,2H3;/q-1;;;+1. The summed E-state index contributed by atoms with van der Waals surface area (Å²) in [4.78, 5) is 0. The molecule has 0 atom stereocenters. The zero-order chi connectivity index (χ0) is 11.1. The van der Waals surface area contributed by atoms with Gasteiger partial charge in [-0.2, -0.15) is 0 Å². The summed E-state index contributed by atoms with van der Waals surface area (Å²) in [6.07, 6.45) is 0. The average molecular weight is 213 g/mol. The van der Waals surface area contributed by atoms with Crippen LogP contribution in [0.4, 0.5) is 0 Å². The molecule has 14 heavy (non-hydrogen) atoms. The molecule has 0 N–H and O–H groups in total. The fraction of sp³-hybridized carbons (Fsp3) is 1.00. The molecule has 0 heterocycles. The Kier molecular flexibility index (Phi) is 8.01. The van der Waals surface area contributed by atoms with E-state index in [0.29, 0.717) is 0 Å². The first-order chi connectivity index (χ1) is 6.51. The van der Waals surface area contributed by atoms with Crippen LogP contribution in [-0.2, 0) is 0 Å². The Bertz CT molecular complexity index is 120. The van der Waals surface area contributed by atoms with E-state index in [1.54, 1.807) is 0 Å². The SMILES string of the molecule is C[CH2][Al]([CH2]C)[N](CC(C)C)CC(C)C. The van der Waals surface area contributed by atoms with Gasteiger partial charge in [0.15, 0.2) is 0 Å². The molecule has 0 aromatic heterocycles. The maximum atomic E-state index is 2.81. The Labute approximate surface area is 95.5 Å². The van der Waals surface area contributed by atoms with Crippen molar-refractivity contribution in [2.24, 2.45) is 11.8 Å². The first kappa shape index (κ1) is 14.5. The van der Waals surface area contributed by atoms with Crippen molar-refractivity contribution in [1.82, 2.24) is 3.88 Å². The van der Waals surface area contributed by atoms with Gasteiger partial charge in [-0.1, -0.05) is 52.1 Å². The maximum absolute atomic E-state index is 2.81. The lowest BCUT2D eigenvalue weighted by Gasteiger charge is -2.31. The number of rotatable bonds is 7. The summed E-state index contributed by atoms with van der Waals surface area (Å²) < 4.78 is 2.81. The maximum Gasteiger partial charge on any atom is 0.372 e. The van der Waals surface area contributed by atoms with E-state index in [2.05, 4.69) is 45.4 Å². The van der Waals surface area contributed by atoms with E-state index in [0.717, 1.165) is 11.8 Å². The zero-order valence-electron chi connectivity index (χ0n) is 11.0. The van der Waals surface area contributed by atoms with Crippen molar-refractivity contribution in [3.63, 3.8) is 0 Å². The lowest BCUT2D eigenvalue weighted by atomic mass is 10.2. The summed E-state index contributed by atoms with van der Waals surface area (Å²) in [6.45, 7) is 16.7. The topological polar surface area (TPSA) is 3.24 Å². The quantitative estimate of drug-likeness (QED) is 0.584. The first-order valence-electron chi connectivity index (χ1n) is 6.25. The van der Waals surface area contributed by atoms with Crippen molar-refractivity contribution in [3.8, 4) is 0 Å². The molecule has 0 unspecified atom stereocenters. The molecule has 0 amide bonds. The van der Waals surface area contributed by atoms with Gasteiger partial charge in [0, 0.05) is 0 Å². The van der Waals surface area contributed by atoms with Gasteiger partial charge in [0.05, 0.1) is 0 Å². The molecule has 84 valence electrons. The van der Waals surface area contributed by atoms with E-state index in [9.17, 15) is 0 Å². The first-order valence-corrected chi connectivity index (χ1v) is 8.40. The van der Waals surface area contributed by atoms with Crippen LogP contribution < -0.4 is 0 Å². The van der Waals surface area contributed by atoms with Crippen molar-refractivity contribution in [1.29, 1.82) is 0 Å². The zero-order valence-corrected chi connectivity index (χ0v) is 12.2. The summed E-state index contributed by atoms with van der Waals surface area (Å²) in [5.41, 5.74) is 0. The molecule has 0 fully saturated rings. The highest BCUT2D eigenvalue weighted by atomic mass is 27.2. The second kappa shape index (κ2) is 7.74. The molecule has 0 aromatic rings. The van der Waals surface area contributed by atoms with E-state index in [1.807, 2.05) is 0 Å². The second-order valence-electron chi connectivity index (χ2n) is 5.21. The molecule has 0 aliphatic rings. The van der Waals surface area contributed by atoms with E-state index in [4.69, 9.17) is 0 Å². The van der Waals surface area contributed by atoms with E-state index >= 15 is 0 Å². The van der Waals surface area contributed by atoms with Gasteiger partial charge in [-0.15, -0.1) is 0 Å². The molecule has 0 saturated heterocycles. The van der Waals surface area contributed by atoms with Crippen LogP contribution in [-0.4, -0.2) is 31.3 Å². The van der Waals surface area contributed by atoms with Gasteiger partial charge in [0.2, 0.25) is 0 Å². The van der Waals surface area contributed by atoms with Crippen LogP contribution in [0.1, 0.15) is 41.5 Å².